The Morgan fingerprint density at radius 3 is 3.00 bits per heavy atom. The minimum absolute atomic E-state index is 0.0591. The molecule has 7 heteroatoms. The number of carboxylic acid groups (broad SMARTS) is 1. The lowest BCUT2D eigenvalue weighted by atomic mass is 10.1. The van der Waals surface area contributed by atoms with Gasteiger partial charge in [0.05, 0.1) is 28.4 Å². The van der Waals surface area contributed by atoms with Gasteiger partial charge in [0.15, 0.2) is 0 Å². The normalized spacial score (nSPS) is 11.1. The number of carboxylic acids is 1. The minimum Gasteiger partial charge on any atom is -0.481 e. The molecule has 1 aromatic heterocycles. The molecule has 0 spiro atoms. The molecule has 0 unspecified atom stereocenters. The van der Waals surface area contributed by atoms with Gasteiger partial charge in [0, 0.05) is 6.07 Å². The number of aromatic amines is 1. The van der Waals surface area contributed by atoms with Crippen LogP contribution in [0.15, 0.2) is 24.4 Å². The largest absolute Gasteiger partial charge is 0.481 e. The molecule has 2 N–H and O–H groups in total. The Morgan fingerprint density at radius 2 is 2.33 bits per heavy atom. The van der Waals surface area contributed by atoms with E-state index in [2.05, 4.69) is 10.2 Å². The lowest BCUT2D eigenvalue weighted by Crippen LogP contribution is -1.91. The molecule has 7 nitrogen and oxygen atoms in total. The number of carbonyl (C=O) groups is 1. The Labute approximate surface area is 101 Å². The van der Waals surface area contributed by atoms with Gasteiger partial charge >= 0.3 is 5.97 Å². The van der Waals surface area contributed by atoms with Gasteiger partial charge in [0.1, 0.15) is 0 Å². The number of hydrogen-bond donors (Lipinski definition) is 2. The van der Waals surface area contributed by atoms with Crippen molar-refractivity contribution in [2.24, 2.45) is 0 Å². The number of nitrogens with one attached hydrogen (secondary N) is 1. The first-order chi connectivity index (χ1) is 8.58. The molecule has 92 valence electrons. The number of hydrogen-bond acceptors (Lipinski definition) is 4. The zero-order chi connectivity index (χ0) is 13.1. The van der Waals surface area contributed by atoms with Crippen molar-refractivity contribution in [3.63, 3.8) is 0 Å². The maximum absolute atomic E-state index is 10.9. The molecule has 0 aliphatic rings. The molecule has 0 saturated carbocycles. The van der Waals surface area contributed by atoms with E-state index in [9.17, 15) is 14.9 Å². The van der Waals surface area contributed by atoms with Gasteiger partial charge in [0.25, 0.3) is 5.69 Å². The van der Waals surface area contributed by atoms with E-state index in [4.69, 9.17) is 5.11 Å². The standard InChI is InChI=1S/C11H9N3O4/c15-11(16)3-1-2-7-4-9-8(6-12-13-9)10(5-7)14(17)18/h1-2,4-6H,3H2,(H,12,13)(H,15,16). The predicted octanol–water partition coefficient (Wildman–Crippen LogP) is 1.96. The van der Waals surface area contributed by atoms with Crippen LogP contribution in [0.5, 0.6) is 0 Å². The molecule has 0 atom stereocenters. The number of aliphatic carboxylic acids is 1. The average Bonchev–Trinajstić information content (AvgIpc) is 2.75. The van der Waals surface area contributed by atoms with E-state index >= 15 is 0 Å². The molecule has 1 aromatic carbocycles. The summed E-state index contributed by atoms with van der Waals surface area (Å²) in [7, 11) is 0. The lowest BCUT2D eigenvalue weighted by Gasteiger charge is -1.97. The Balaban J connectivity index is 2.43. The van der Waals surface area contributed by atoms with E-state index in [1.807, 2.05) is 0 Å². The number of H-pyrrole nitrogens is 1. The van der Waals surface area contributed by atoms with Crippen LogP contribution in [0.25, 0.3) is 17.0 Å². The third kappa shape index (κ3) is 2.34. The zero-order valence-electron chi connectivity index (χ0n) is 9.16. The topological polar surface area (TPSA) is 109 Å². The summed E-state index contributed by atoms with van der Waals surface area (Å²) in [6, 6.07) is 3.06. The van der Waals surface area contributed by atoms with Crippen molar-refractivity contribution < 1.29 is 14.8 Å². The number of nitro groups is 1. The molecule has 1 heterocycles. The van der Waals surface area contributed by atoms with Crippen LogP contribution in [0, 0.1) is 10.1 Å². The summed E-state index contributed by atoms with van der Waals surface area (Å²) in [6.07, 6.45) is 4.22. The summed E-state index contributed by atoms with van der Waals surface area (Å²) < 4.78 is 0. The molecular weight excluding hydrogens is 238 g/mol. The van der Waals surface area contributed by atoms with Crippen molar-refractivity contribution >= 4 is 28.6 Å². The highest BCUT2D eigenvalue weighted by atomic mass is 16.6. The van der Waals surface area contributed by atoms with Crippen molar-refractivity contribution in [2.45, 2.75) is 6.42 Å². The first-order valence-corrected chi connectivity index (χ1v) is 5.08. The predicted molar refractivity (Wildman–Crippen MR) is 64.0 cm³/mol. The van der Waals surface area contributed by atoms with Crippen molar-refractivity contribution in [3.05, 3.63) is 40.1 Å². The monoisotopic (exact) mass is 247 g/mol. The molecule has 18 heavy (non-hydrogen) atoms. The summed E-state index contributed by atoms with van der Waals surface area (Å²) in [5, 5.41) is 26.2. The van der Waals surface area contributed by atoms with Crippen LogP contribution in [-0.4, -0.2) is 26.2 Å². The Morgan fingerprint density at radius 1 is 1.56 bits per heavy atom. The molecule has 0 radical (unpaired) electrons. The van der Waals surface area contributed by atoms with Crippen LogP contribution in [0.3, 0.4) is 0 Å². The van der Waals surface area contributed by atoms with Gasteiger partial charge in [0.2, 0.25) is 0 Å². The van der Waals surface area contributed by atoms with Crippen LogP contribution < -0.4 is 0 Å². The van der Waals surface area contributed by atoms with Gasteiger partial charge in [-0.05, 0) is 11.6 Å². The van der Waals surface area contributed by atoms with Crippen molar-refractivity contribution in [3.8, 4) is 0 Å². The van der Waals surface area contributed by atoms with Crippen LogP contribution in [0.2, 0.25) is 0 Å². The molecule has 2 rings (SSSR count). The summed E-state index contributed by atoms with van der Waals surface area (Å²) >= 11 is 0. The van der Waals surface area contributed by atoms with Crippen molar-refractivity contribution in [1.82, 2.24) is 10.2 Å². The highest BCUT2D eigenvalue weighted by Gasteiger charge is 2.14. The van der Waals surface area contributed by atoms with E-state index in [0.717, 1.165) is 0 Å². The molecule has 0 amide bonds. The Kier molecular flexibility index (Phi) is 3.05. The van der Waals surface area contributed by atoms with Crippen molar-refractivity contribution in [2.75, 3.05) is 0 Å². The summed E-state index contributed by atoms with van der Waals surface area (Å²) in [5.41, 5.74) is 1.04. The second-order valence-electron chi connectivity index (χ2n) is 3.63. The van der Waals surface area contributed by atoms with E-state index in [0.29, 0.717) is 16.5 Å². The lowest BCUT2D eigenvalue weighted by molar-refractivity contribution is -0.383. The van der Waals surface area contributed by atoms with E-state index < -0.39 is 10.9 Å². The molecule has 0 bridgehead atoms. The smallest absolute Gasteiger partial charge is 0.307 e. The number of fused-ring (bicyclic) bond motifs is 1. The number of nitro benzene ring substituents is 1. The summed E-state index contributed by atoms with van der Waals surface area (Å²) in [5.74, 6) is -0.955. The molecular formula is C11H9N3O4. The van der Waals surface area contributed by atoms with E-state index in [1.165, 1.54) is 24.4 Å². The fourth-order valence-corrected chi connectivity index (χ4v) is 1.60. The Hall–Kier alpha value is -2.70. The number of rotatable bonds is 4. The van der Waals surface area contributed by atoms with Gasteiger partial charge < -0.3 is 5.11 Å². The highest BCUT2D eigenvalue weighted by Crippen LogP contribution is 2.26. The zero-order valence-corrected chi connectivity index (χ0v) is 9.16. The molecule has 0 fully saturated rings. The summed E-state index contributed by atoms with van der Waals surface area (Å²) in [6.45, 7) is 0. The van der Waals surface area contributed by atoms with Crippen LogP contribution in [-0.2, 0) is 4.79 Å². The fourth-order valence-electron chi connectivity index (χ4n) is 1.60. The quantitative estimate of drug-likeness (QED) is 0.634. The van der Waals surface area contributed by atoms with Gasteiger partial charge in [-0.3, -0.25) is 20.0 Å². The van der Waals surface area contributed by atoms with Crippen LogP contribution in [0.4, 0.5) is 5.69 Å². The fraction of sp³-hybridized carbons (Fsp3) is 0.0909. The van der Waals surface area contributed by atoms with Gasteiger partial charge in [-0.15, -0.1) is 0 Å². The van der Waals surface area contributed by atoms with Gasteiger partial charge in [-0.1, -0.05) is 12.2 Å². The Bertz CT molecular complexity index is 645. The molecule has 2 aromatic rings. The molecule has 0 aliphatic carbocycles. The maximum atomic E-state index is 10.9. The van der Waals surface area contributed by atoms with Crippen molar-refractivity contribution in [1.29, 1.82) is 0 Å². The van der Waals surface area contributed by atoms with E-state index in [1.54, 1.807) is 6.07 Å². The highest BCUT2D eigenvalue weighted by molar-refractivity contribution is 5.89. The number of non-ortho nitro benzene ring substituents is 1. The second-order valence-corrected chi connectivity index (χ2v) is 3.63. The number of nitrogens with zero attached hydrogens (tertiary/aromatic N) is 2. The average molecular weight is 247 g/mol. The minimum atomic E-state index is -0.955. The van der Waals surface area contributed by atoms with Gasteiger partial charge in [-0.2, -0.15) is 5.10 Å². The molecule has 0 aliphatic heterocycles. The third-order valence-corrected chi connectivity index (χ3v) is 2.36. The van der Waals surface area contributed by atoms with Crippen LogP contribution in [0.1, 0.15) is 12.0 Å². The first kappa shape index (κ1) is 11.8. The maximum Gasteiger partial charge on any atom is 0.307 e. The third-order valence-electron chi connectivity index (χ3n) is 2.36. The first-order valence-electron chi connectivity index (χ1n) is 5.08. The number of benzene rings is 1. The van der Waals surface area contributed by atoms with E-state index in [-0.39, 0.29) is 12.1 Å². The SMILES string of the molecule is O=C(O)CC=Cc1cc([N+](=O)[O-])c2cn[nH]c2c1. The summed E-state index contributed by atoms with van der Waals surface area (Å²) in [4.78, 5) is 20.8. The number of aromatic nitrogens is 2. The second kappa shape index (κ2) is 4.66. The van der Waals surface area contributed by atoms with Gasteiger partial charge in [-0.25, -0.2) is 0 Å². The molecule has 0 saturated heterocycles. The van der Waals surface area contributed by atoms with Crippen LogP contribution >= 0.6 is 0 Å².